The maximum Gasteiger partial charge on any atom is 0.364 e. The summed E-state index contributed by atoms with van der Waals surface area (Å²) >= 11 is 23.5. The van der Waals surface area contributed by atoms with Crippen molar-refractivity contribution in [2.24, 2.45) is 0 Å². The van der Waals surface area contributed by atoms with E-state index in [1.807, 2.05) is 0 Å². The van der Waals surface area contributed by atoms with E-state index in [-0.39, 0.29) is 31.7 Å². The molecule has 0 aliphatic heterocycles. The van der Waals surface area contributed by atoms with Crippen LogP contribution in [0, 0.1) is 0 Å². The molecule has 24 heavy (non-hydrogen) atoms. The van der Waals surface area contributed by atoms with Crippen molar-refractivity contribution in [2.75, 3.05) is 0 Å². The molecule has 3 aromatic rings. The molecule has 0 unspecified atom stereocenters. The minimum absolute atomic E-state index is 0.0382. The number of pyridine rings is 1. The van der Waals surface area contributed by atoms with E-state index in [2.05, 4.69) is 15.2 Å². The third-order valence-corrected chi connectivity index (χ3v) is 4.53. The standard InChI is InChI=1S/C14H5Cl4N3O3/c15-8-9(16)11(20-12(18)10(8)17)14(22)24-7-3-1-6(2-4-7)13-21-19-5-23-13/h1-5H. The van der Waals surface area contributed by atoms with Crippen molar-refractivity contribution in [3.63, 3.8) is 0 Å². The number of halogens is 4. The van der Waals surface area contributed by atoms with Crippen LogP contribution >= 0.6 is 46.4 Å². The molecule has 0 saturated heterocycles. The third kappa shape index (κ3) is 3.32. The van der Waals surface area contributed by atoms with E-state index in [0.29, 0.717) is 11.5 Å². The number of carbonyl (C=O) groups is 1. The van der Waals surface area contributed by atoms with Crippen LogP contribution in [-0.4, -0.2) is 21.2 Å². The number of hydrogen-bond donors (Lipinski definition) is 0. The van der Waals surface area contributed by atoms with Crippen LogP contribution in [0.25, 0.3) is 11.5 Å². The smallest absolute Gasteiger partial charge is 0.364 e. The van der Waals surface area contributed by atoms with Gasteiger partial charge in [0.1, 0.15) is 10.9 Å². The van der Waals surface area contributed by atoms with Gasteiger partial charge in [0, 0.05) is 5.56 Å². The van der Waals surface area contributed by atoms with Crippen molar-refractivity contribution in [1.82, 2.24) is 15.2 Å². The lowest BCUT2D eigenvalue weighted by Crippen LogP contribution is -2.12. The molecule has 0 saturated carbocycles. The van der Waals surface area contributed by atoms with Gasteiger partial charge >= 0.3 is 5.97 Å². The lowest BCUT2D eigenvalue weighted by Gasteiger charge is -2.08. The Balaban J connectivity index is 1.83. The number of rotatable bonds is 3. The van der Waals surface area contributed by atoms with Gasteiger partial charge in [-0.3, -0.25) is 0 Å². The van der Waals surface area contributed by atoms with Crippen LogP contribution in [0.3, 0.4) is 0 Å². The average Bonchev–Trinajstić information content (AvgIpc) is 3.11. The highest BCUT2D eigenvalue weighted by Gasteiger charge is 2.22. The van der Waals surface area contributed by atoms with Crippen molar-refractivity contribution in [3.8, 4) is 17.2 Å². The van der Waals surface area contributed by atoms with Crippen molar-refractivity contribution in [2.45, 2.75) is 0 Å². The van der Waals surface area contributed by atoms with Gasteiger partial charge in [0.2, 0.25) is 12.3 Å². The first-order valence-electron chi connectivity index (χ1n) is 6.26. The molecule has 0 spiro atoms. The molecule has 122 valence electrons. The second-order valence-electron chi connectivity index (χ2n) is 4.35. The molecule has 1 aromatic carbocycles. The largest absolute Gasteiger partial charge is 0.423 e. The van der Waals surface area contributed by atoms with E-state index in [4.69, 9.17) is 55.6 Å². The summed E-state index contributed by atoms with van der Waals surface area (Å²) in [5.41, 5.74) is 0.429. The topological polar surface area (TPSA) is 78.1 Å². The Hall–Kier alpha value is -1.86. The molecule has 10 heteroatoms. The van der Waals surface area contributed by atoms with Crippen molar-refractivity contribution in [1.29, 1.82) is 0 Å². The Morgan fingerprint density at radius 3 is 2.33 bits per heavy atom. The molecule has 2 heterocycles. The number of carbonyl (C=O) groups excluding carboxylic acids is 1. The molecule has 0 N–H and O–H groups in total. The molecule has 0 atom stereocenters. The number of nitrogens with zero attached hydrogens (tertiary/aromatic N) is 3. The molecule has 0 radical (unpaired) electrons. The van der Waals surface area contributed by atoms with Crippen LogP contribution < -0.4 is 4.74 Å². The highest BCUT2D eigenvalue weighted by molar-refractivity contribution is 6.52. The van der Waals surface area contributed by atoms with E-state index >= 15 is 0 Å². The number of hydrogen-bond acceptors (Lipinski definition) is 6. The van der Waals surface area contributed by atoms with E-state index in [1.54, 1.807) is 24.3 Å². The fourth-order valence-corrected chi connectivity index (χ4v) is 2.55. The summed E-state index contributed by atoms with van der Waals surface area (Å²) in [6.07, 6.45) is 1.21. The molecule has 0 aliphatic carbocycles. The SMILES string of the molecule is O=C(Oc1ccc(-c2nnco2)cc1)c1nc(Cl)c(Cl)c(Cl)c1Cl. The van der Waals surface area contributed by atoms with E-state index in [0.717, 1.165) is 0 Å². The van der Waals surface area contributed by atoms with Gasteiger partial charge in [0.15, 0.2) is 5.69 Å². The summed E-state index contributed by atoms with van der Waals surface area (Å²) in [5, 5.41) is 6.95. The molecule has 3 rings (SSSR count). The maximum absolute atomic E-state index is 12.2. The third-order valence-electron chi connectivity index (χ3n) is 2.85. The molecule has 0 fully saturated rings. The highest BCUT2D eigenvalue weighted by atomic mass is 35.5. The van der Waals surface area contributed by atoms with Gasteiger partial charge in [-0.05, 0) is 24.3 Å². The molecule has 2 aromatic heterocycles. The fraction of sp³-hybridized carbons (Fsp3) is 0. The van der Waals surface area contributed by atoms with Crippen molar-refractivity contribution >= 4 is 52.4 Å². The lowest BCUT2D eigenvalue weighted by atomic mass is 10.2. The van der Waals surface area contributed by atoms with Crippen molar-refractivity contribution in [3.05, 3.63) is 56.6 Å². The first-order chi connectivity index (χ1) is 11.5. The molecular weight excluding hydrogens is 400 g/mol. The zero-order valence-corrected chi connectivity index (χ0v) is 14.5. The van der Waals surface area contributed by atoms with Crippen LogP contribution in [0.1, 0.15) is 10.5 Å². The quantitative estimate of drug-likeness (QED) is 0.348. The zero-order valence-electron chi connectivity index (χ0n) is 11.5. The molecule has 0 amide bonds. The predicted octanol–water partition coefficient (Wildman–Crippen LogP) is 4.96. The van der Waals surface area contributed by atoms with Crippen LogP contribution in [0.4, 0.5) is 0 Å². The van der Waals surface area contributed by atoms with Gasteiger partial charge in [0.25, 0.3) is 0 Å². The Morgan fingerprint density at radius 2 is 1.71 bits per heavy atom. The van der Waals surface area contributed by atoms with Gasteiger partial charge in [-0.1, -0.05) is 46.4 Å². The summed E-state index contributed by atoms with van der Waals surface area (Å²) < 4.78 is 10.3. The summed E-state index contributed by atoms with van der Waals surface area (Å²) in [5.74, 6) is -0.233. The number of aromatic nitrogens is 3. The minimum atomic E-state index is -0.828. The Kier molecular flexibility index (Phi) is 4.91. The maximum atomic E-state index is 12.2. The number of ether oxygens (including phenoxy) is 1. The summed E-state index contributed by atoms with van der Waals surface area (Å²) in [4.78, 5) is 16.0. The second kappa shape index (κ2) is 6.94. The lowest BCUT2D eigenvalue weighted by molar-refractivity contribution is 0.0729. The summed E-state index contributed by atoms with van der Waals surface area (Å²) in [7, 11) is 0. The first-order valence-corrected chi connectivity index (χ1v) is 7.77. The second-order valence-corrected chi connectivity index (χ2v) is 5.84. The Bertz CT molecular complexity index is 899. The molecule has 6 nitrogen and oxygen atoms in total. The van der Waals surface area contributed by atoms with Gasteiger partial charge < -0.3 is 9.15 Å². The zero-order chi connectivity index (χ0) is 17.3. The normalized spacial score (nSPS) is 10.7. The van der Waals surface area contributed by atoms with E-state index in [1.165, 1.54) is 6.39 Å². The minimum Gasteiger partial charge on any atom is -0.423 e. The Morgan fingerprint density at radius 1 is 1.00 bits per heavy atom. The molecule has 0 aliphatic rings. The fourth-order valence-electron chi connectivity index (χ4n) is 1.74. The van der Waals surface area contributed by atoms with Gasteiger partial charge in [-0.2, -0.15) is 0 Å². The van der Waals surface area contributed by atoms with Crippen LogP contribution in [0.5, 0.6) is 5.75 Å². The average molecular weight is 405 g/mol. The van der Waals surface area contributed by atoms with Gasteiger partial charge in [-0.25, -0.2) is 9.78 Å². The summed E-state index contributed by atoms with van der Waals surface area (Å²) in [6, 6.07) is 6.38. The molecular formula is C14H5Cl4N3O3. The van der Waals surface area contributed by atoms with E-state index < -0.39 is 5.97 Å². The van der Waals surface area contributed by atoms with E-state index in [9.17, 15) is 4.79 Å². The van der Waals surface area contributed by atoms with Crippen LogP contribution in [0.2, 0.25) is 20.2 Å². The Labute approximate surface area is 155 Å². The monoisotopic (exact) mass is 403 g/mol. The first kappa shape index (κ1) is 17.0. The number of benzene rings is 1. The molecule has 0 bridgehead atoms. The predicted molar refractivity (Wildman–Crippen MR) is 89.0 cm³/mol. The van der Waals surface area contributed by atoms with Crippen molar-refractivity contribution < 1.29 is 13.9 Å². The van der Waals surface area contributed by atoms with Gasteiger partial charge in [0.05, 0.1) is 15.1 Å². The van der Waals surface area contributed by atoms with Crippen LogP contribution in [0.15, 0.2) is 35.1 Å². The van der Waals surface area contributed by atoms with Crippen LogP contribution in [-0.2, 0) is 0 Å². The number of esters is 1. The highest BCUT2D eigenvalue weighted by Crippen LogP contribution is 2.36. The van der Waals surface area contributed by atoms with Gasteiger partial charge in [-0.15, -0.1) is 10.2 Å². The summed E-state index contributed by atoms with van der Waals surface area (Å²) in [6.45, 7) is 0.